The molecule has 5 heteroatoms. The van der Waals surface area contributed by atoms with Gasteiger partial charge in [0.15, 0.2) is 0 Å². The highest BCUT2D eigenvalue weighted by atomic mass is 16.5. The summed E-state index contributed by atoms with van der Waals surface area (Å²) in [7, 11) is 1.49. The molecule has 1 aromatic carbocycles. The van der Waals surface area contributed by atoms with Gasteiger partial charge in [-0.05, 0) is 30.2 Å². The number of hydrogen-bond donors (Lipinski definition) is 3. The van der Waals surface area contributed by atoms with Gasteiger partial charge in [0.1, 0.15) is 12.4 Å². The zero-order chi connectivity index (χ0) is 13.0. The lowest BCUT2D eigenvalue weighted by molar-refractivity contribution is -0.124. The largest absolute Gasteiger partial charge is 0.508 e. The normalized spacial score (nSPS) is 10.7. The summed E-state index contributed by atoms with van der Waals surface area (Å²) in [6.45, 7) is 0.624. The molecule has 2 rings (SSSR count). The molecule has 96 valence electrons. The van der Waals surface area contributed by atoms with E-state index in [1.54, 1.807) is 12.1 Å². The molecule has 2 aromatic rings. The predicted molar refractivity (Wildman–Crippen MR) is 68.6 cm³/mol. The molecule has 0 bridgehead atoms. The maximum Gasteiger partial charge on any atom is 0.245 e. The number of carbonyl (C=O) groups excluding carboxylic acids is 1. The van der Waals surface area contributed by atoms with Crippen LogP contribution in [0.2, 0.25) is 0 Å². The molecule has 0 fully saturated rings. The van der Waals surface area contributed by atoms with E-state index in [1.165, 1.54) is 7.11 Å². The lowest BCUT2D eigenvalue weighted by Crippen LogP contribution is -2.28. The minimum atomic E-state index is -0.125. The van der Waals surface area contributed by atoms with Crippen molar-refractivity contribution < 1.29 is 14.6 Å². The van der Waals surface area contributed by atoms with Crippen molar-refractivity contribution in [3.63, 3.8) is 0 Å². The van der Waals surface area contributed by atoms with Gasteiger partial charge in [0.25, 0.3) is 0 Å². The number of fused-ring (bicyclic) bond motifs is 1. The molecule has 1 heterocycles. The molecule has 0 unspecified atom stereocenters. The van der Waals surface area contributed by atoms with Gasteiger partial charge in [-0.1, -0.05) is 0 Å². The Hall–Kier alpha value is -2.01. The Morgan fingerprint density at radius 1 is 1.50 bits per heavy atom. The fraction of sp³-hybridized carbons (Fsp3) is 0.308. The highest BCUT2D eigenvalue weighted by Crippen LogP contribution is 2.22. The van der Waals surface area contributed by atoms with Crippen LogP contribution in [0.15, 0.2) is 24.4 Å². The number of rotatable bonds is 5. The number of hydrogen-bond acceptors (Lipinski definition) is 3. The summed E-state index contributed by atoms with van der Waals surface area (Å²) < 4.78 is 4.73. The molecule has 0 aliphatic carbocycles. The zero-order valence-corrected chi connectivity index (χ0v) is 10.2. The topological polar surface area (TPSA) is 74.3 Å². The molecule has 5 nitrogen and oxygen atoms in total. The molecule has 3 N–H and O–H groups in total. The third kappa shape index (κ3) is 2.81. The molecule has 0 aliphatic rings. The number of aromatic hydroxyl groups is 1. The van der Waals surface area contributed by atoms with Crippen LogP contribution in [0.25, 0.3) is 10.9 Å². The van der Waals surface area contributed by atoms with Crippen LogP contribution in [0.3, 0.4) is 0 Å². The van der Waals surface area contributed by atoms with E-state index in [4.69, 9.17) is 4.74 Å². The third-order valence-electron chi connectivity index (χ3n) is 2.74. The second-order valence-corrected chi connectivity index (χ2v) is 4.08. The molecule has 0 spiro atoms. The number of phenols is 1. The van der Waals surface area contributed by atoms with E-state index in [1.807, 2.05) is 12.3 Å². The Morgan fingerprint density at radius 3 is 3.11 bits per heavy atom. The second-order valence-electron chi connectivity index (χ2n) is 4.08. The quantitative estimate of drug-likeness (QED) is 0.743. The number of benzene rings is 1. The van der Waals surface area contributed by atoms with E-state index in [0.29, 0.717) is 13.0 Å². The first-order valence-electron chi connectivity index (χ1n) is 5.75. The molecule has 0 saturated heterocycles. The van der Waals surface area contributed by atoms with Crippen LogP contribution in [0.5, 0.6) is 5.75 Å². The van der Waals surface area contributed by atoms with Crippen LogP contribution in [-0.2, 0) is 16.0 Å². The van der Waals surface area contributed by atoms with Gasteiger partial charge in [0.05, 0.1) is 0 Å². The van der Waals surface area contributed by atoms with Crippen molar-refractivity contribution in [2.45, 2.75) is 6.42 Å². The average molecular weight is 248 g/mol. The fourth-order valence-corrected chi connectivity index (χ4v) is 1.89. The smallest absolute Gasteiger partial charge is 0.245 e. The van der Waals surface area contributed by atoms with Gasteiger partial charge >= 0.3 is 0 Å². The Kier molecular flexibility index (Phi) is 3.84. The number of ether oxygens (including phenoxy) is 1. The predicted octanol–water partition coefficient (Wildman–Crippen LogP) is 1.18. The van der Waals surface area contributed by atoms with Crippen molar-refractivity contribution in [1.82, 2.24) is 10.3 Å². The molecule has 0 aliphatic heterocycles. The monoisotopic (exact) mass is 248 g/mol. The first kappa shape index (κ1) is 12.4. The lowest BCUT2D eigenvalue weighted by Gasteiger charge is -2.03. The molecule has 1 aromatic heterocycles. The van der Waals surface area contributed by atoms with Gasteiger partial charge < -0.3 is 20.1 Å². The maximum atomic E-state index is 11.2. The molecular weight excluding hydrogens is 232 g/mol. The number of methoxy groups -OCH3 is 1. The van der Waals surface area contributed by atoms with Crippen LogP contribution >= 0.6 is 0 Å². The minimum Gasteiger partial charge on any atom is -0.508 e. The van der Waals surface area contributed by atoms with Crippen LogP contribution in [0.4, 0.5) is 0 Å². The lowest BCUT2D eigenvalue weighted by atomic mass is 10.1. The number of nitrogens with one attached hydrogen (secondary N) is 2. The first-order chi connectivity index (χ1) is 8.70. The van der Waals surface area contributed by atoms with Crippen LogP contribution < -0.4 is 5.32 Å². The Bertz CT molecular complexity index is 548. The maximum absolute atomic E-state index is 11.2. The van der Waals surface area contributed by atoms with Crippen molar-refractivity contribution in [3.05, 3.63) is 30.0 Å². The standard InChI is InChI=1S/C13H16N2O3/c1-18-8-13(17)14-5-4-9-7-15-12-3-2-10(16)6-11(9)12/h2-3,6-7,15-16H,4-5,8H2,1H3,(H,14,17). The van der Waals surface area contributed by atoms with Crippen molar-refractivity contribution in [2.75, 3.05) is 20.3 Å². The molecular formula is C13H16N2O3. The van der Waals surface area contributed by atoms with E-state index in [0.717, 1.165) is 16.5 Å². The van der Waals surface area contributed by atoms with E-state index in [2.05, 4.69) is 10.3 Å². The molecule has 0 atom stereocenters. The molecule has 0 saturated carbocycles. The molecule has 18 heavy (non-hydrogen) atoms. The van der Waals surface area contributed by atoms with Gasteiger partial charge in [0, 0.05) is 30.8 Å². The van der Waals surface area contributed by atoms with Crippen molar-refractivity contribution in [3.8, 4) is 5.75 Å². The summed E-state index contributed by atoms with van der Waals surface area (Å²) in [5.41, 5.74) is 2.05. The number of aromatic nitrogens is 1. The Balaban J connectivity index is 1.99. The summed E-state index contributed by atoms with van der Waals surface area (Å²) in [6, 6.07) is 5.19. The number of aromatic amines is 1. The summed E-state index contributed by atoms with van der Waals surface area (Å²) in [6.07, 6.45) is 2.60. The van der Waals surface area contributed by atoms with E-state index in [9.17, 15) is 9.90 Å². The van der Waals surface area contributed by atoms with E-state index < -0.39 is 0 Å². The highest BCUT2D eigenvalue weighted by molar-refractivity contribution is 5.84. The van der Waals surface area contributed by atoms with Crippen LogP contribution in [0, 0.1) is 0 Å². The highest BCUT2D eigenvalue weighted by Gasteiger charge is 2.05. The van der Waals surface area contributed by atoms with E-state index in [-0.39, 0.29) is 18.3 Å². The fourth-order valence-electron chi connectivity index (χ4n) is 1.89. The Morgan fingerprint density at radius 2 is 2.33 bits per heavy atom. The molecule has 0 radical (unpaired) electrons. The number of amides is 1. The number of phenolic OH excluding ortho intramolecular Hbond substituents is 1. The summed E-state index contributed by atoms with van der Waals surface area (Å²) >= 11 is 0. The Labute approximate surface area is 105 Å². The number of carbonyl (C=O) groups is 1. The van der Waals surface area contributed by atoms with Crippen molar-refractivity contribution in [2.24, 2.45) is 0 Å². The van der Waals surface area contributed by atoms with Gasteiger partial charge in [-0.2, -0.15) is 0 Å². The van der Waals surface area contributed by atoms with Crippen LogP contribution in [0.1, 0.15) is 5.56 Å². The van der Waals surface area contributed by atoms with Crippen molar-refractivity contribution in [1.29, 1.82) is 0 Å². The molecule has 1 amide bonds. The summed E-state index contributed by atoms with van der Waals surface area (Å²) in [4.78, 5) is 14.3. The van der Waals surface area contributed by atoms with Gasteiger partial charge in [-0.3, -0.25) is 4.79 Å². The summed E-state index contributed by atoms with van der Waals surface area (Å²) in [5.74, 6) is 0.118. The first-order valence-corrected chi connectivity index (χ1v) is 5.75. The van der Waals surface area contributed by atoms with Gasteiger partial charge in [0.2, 0.25) is 5.91 Å². The second kappa shape index (κ2) is 5.55. The number of H-pyrrole nitrogens is 1. The zero-order valence-electron chi connectivity index (χ0n) is 10.2. The van der Waals surface area contributed by atoms with Gasteiger partial charge in [-0.25, -0.2) is 0 Å². The van der Waals surface area contributed by atoms with Crippen LogP contribution in [-0.4, -0.2) is 36.3 Å². The minimum absolute atomic E-state index is 0.0780. The van der Waals surface area contributed by atoms with Gasteiger partial charge in [-0.15, -0.1) is 0 Å². The van der Waals surface area contributed by atoms with E-state index >= 15 is 0 Å². The third-order valence-corrected chi connectivity index (χ3v) is 2.74. The average Bonchev–Trinajstić information content (AvgIpc) is 2.72. The SMILES string of the molecule is COCC(=O)NCCc1c[nH]c2ccc(O)cc12. The van der Waals surface area contributed by atoms with Crippen molar-refractivity contribution >= 4 is 16.8 Å². The summed E-state index contributed by atoms with van der Waals surface area (Å²) in [5, 5.41) is 13.2.